The van der Waals surface area contributed by atoms with E-state index in [-0.39, 0.29) is 24.0 Å². The van der Waals surface area contributed by atoms with E-state index in [1.54, 1.807) is 7.11 Å². The maximum absolute atomic E-state index is 6.12. The highest BCUT2D eigenvalue weighted by Crippen LogP contribution is 2.23. The molecular weight excluding hydrogens is 477 g/mol. The van der Waals surface area contributed by atoms with Crippen LogP contribution in [0.2, 0.25) is 5.02 Å². The number of hydrogen-bond acceptors (Lipinski definition) is 4. The predicted octanol–water partition coefficient (Wildman–Crippen LogP) is 2.67. The summed E-state index contributed by atoms with van der Waals surface area (Å²) in [5.74, 6) is 0.894. The van der Waals surface area contributed by atoms with Gasteiger partial charge in [-0.1, -0.05) is 17.7 Å². The van der Waals surface area contributed by atoms with E-state index in [1.165, 1.54) is 5.69 Å². The zero-order valence-electron chi connectivity index (χ0n) is 16.6. The number of nitrogens with zero attached hydrogens (tertiary/aromatic N) is 3. The minimum Gasteiger partial charge on any atom is -0.383 e. The van der Waals surface area contributed by atoms with E-state index in [0.29, 0.717) is 6.04 Å². The molecular formula is C19H33ClIN5O. The van der Waals surface area contributed by atoms with Gasteiger partial charge in [0.2, 0.25) is 0 Å². The minimum atomic E-state index is 0. The fourth-order valence-corrected chi connectivity index (χ4v) is 3.17. The fraction of sp³-hybridized carbons (Fsp3) is 0.632. The van der Waals surface area contributed by atoms with Crippen LogP contribution in [-0.2, 0) is 4.74 Å². The summed E-state index contributed by atoms with van der Waals surface area (Å²) in [6.07, 6.45) is 1.09. The molecule has 1 unspecified atom stereocenters. The molecule has 0 saturated carbocycles. The maximum atomic E-state index is 6.12. The standard InChI is InChI=1S/C19H32ClN5O.HI/c1-4-21-19(22-9-11-24(2)12-13-26-3)23-17-8-10-25(15-17)18-7-5-6-16(20)14-18;/h5-7,14,17H,4,8-13,15H2,1-3H3,(H2,21,22,23);1H. The van der Waals surface area contributed by atoms with Crippen LogP contribution in [0.1, 0.15) is 13.3 Å². The highest BCUT2D eigenvalue weighted by molar-refractivity contribution is 14.0. The van der Waals surface area contributed by atoms with Gasteiger partial charge in [0.1, 0.15) is 0 Å². The first-order chi connectivity index (χ1) is 12.6. The highest BCUT2D eigenvalue weighted by atomic mass is 127. The number of rotatable bonds is 9. The minimum absolute atomic E-state index is 0. The Labute approximate surface area is 185 Å². The van der Waals surface area contributed by atoms with Crippen molar-refractivity contribution >= 4 is 47.2 Å². The van der Waals surface area contributed by atoms with Crippen molar-refractivity contribution in [2.75, 3.05) is 64.9 Å². The van der Waals surface area contributed by atoms with Gasteiger partial charge in [-0.15, -0.1) is 24.0 Å². The number of methoxy groups -OCH3 is 1. The molecule has 1 aromatic rings. The largest absolute Gasteiger partial charge is 0.383 e. The van der Waals surface area contributed by atoms with Crippen LogP contribution in [0.25, 0.3) is 0 Å². The number of aliphatic imine (C=N–C) groups is 1. The molecule has 0 spiro atoms. The van der Waals surface area contributed by atoms with Gasteiger partial charge >= 0.3 is 0 Å². The molecule has 1 aliphatic rings. The van der Waals surface area contributed by atoms with E-state index in [0.717, 1.165) is 63.3 Å². The molecule has 27 heavy (non-hydrogen) atoms. The molecule has 1 saturated heterocycles. The third-order valence-electron chi connectivity index (χ3n) is 4.48. The number of nitrogens with one attached hydrogen (secondary N) is 2. The van der Waals surface area contributed by atoms with Gasteiger partial charge in [0, 0.05) is 56.6 Å². The average molecular weight is 510 g/mol. The van der Waals surface area contributed by atoms with Crippen molar-refractivity contribution in [3.63, 3.8) is 0 Å². The summed E-state index contributed by atoms with van der Waals surface area (Å²) >= 11 is 6.12. The molecule has 0 aliphatic carbocycles. The lowest BCUT2D eigenvalue weighted by atomic mass is 10.3. The van der Waals surface area contributed by atoms with E-state index in [9.17, 15) is 0 Å². The Morgan fingerprint density at radius 2 is 2.22 bits per heavy atom. The number of anilines is 1. The summed E-state index contributed by atoms with van der Waals surface area (Å²) in [6.45, 7) is 8.28. The Kier molecular flexibility index (Phi) is 12.1. The summed E-state index contributed by atoms with van der Waals surface area (Å²) in [4.78, 5) is 9.31. The van der Waals surface area contributed by atoms with E-state index in [1.807, 2.05) is 18.2 Å². The van der Waals surface area contributed by atoms with E-state index in [2.05, 4.69) is 40.5 Å². The van der Waals surface area contributed by atoms with Crippen molar-refractivity contribution < 1.29 is 4.74 Å². The van der Waals surface area contributed by atoms with Gasteiger partial charge in [0.15, 0.2) is 5.96 Å². The fourth-order valence-electron chi connectivity index (χ4n) is 2.99. The number of hydrogen-bond donors (Lipinski definition) is 2. The first kappa shape index (κ1) is 24.3. The number of benzene rings is 1. The molecule has 1 aromatic carbocycles. The Bertz CT molecular complexity index is 575. The van der Waals surface area contributed by atoms with Crippen molar-refractivity contribution in [1.82, 2.24) is 15.5 Å². The van der Waals surface area contributed by atoms with Crippen LogP contribution < -0.4 is 15.5 Å². The quantitative estimate of drug-likeness (QED) is 0.305. The third-order valence-corrected chi connectivity index (χ3v) is 4.71. The molecule has 0 amide bonds. The molecule has 1 fully saturated rings. The second kappa shape index (κ2) is 13.4. The first-order valence-electron chi connectivity index (χ1n) is 9.35. The van der Waals surface area contributed by atoms with Crippen molar-refractivity contribution in [3.05, 3.63) is 29.3 Å². The van der Waals surface area contributed by atoms with Crippen molar-refractivity contribution in [2.45, 2.75) is 19.4 Å². The van der Waals surface area contributed by atoms with Gasteiger partial charge < -0.3 is 25.2 Å². The molecule has 0 bridgehead atoms. The van der Waals surface area contributed by atoms with Crippen LogP contribution in [0, 0.1) is 0 Å². The molecule has 1 aliphatic heterocycles. The lowest BCUT2D eigenvalue weighted by molar-refractivity contribution is 0.163. The number of likely N-dealkylation sites (N-methyl/N-ethyl adjacent to an activating group) is 1. The van der Waals surface area contributed by atoms with Crippen LogP contribution in [0.5, 0.6) is 0 Å². The summed E-state index contributed by atoms with van der Waals surface area (Å²) in [5, 5.41) is 7.70. The van der Waals surface area contributed by atoms with Gasteiger partial charge in [-0.3, -0.25) is 4.99 Å². The Hall–Kier alpha value is -0.770. The Morgan fingerprint density at radius 3 is 2.93 bits per heavy atom. The Balaban J connectivity index is 0.00000364. The monoisotopic (exact) mass is 509 g/mol. The summed E-state index contributed by atoms with van der Waals surface area (Å²) in [5.41, 5.74) is 1.18. The van der Waals surface area contributed by atoms with Crippen LogP contribution in [0.15, 0.2) is 29.3 Å². The molecule has 0 radical (unpaired) electrons. The molecule has 154 valence electrons. The number of ether oxygens (including phenoxy) is 1. The van der Waals surface area contributed by atoms with E-state index in [4.69, 9.17) is 21.3 Å². The number of halogens is 2. The third kappa shape index (κ3) is 8.85. The van der Waals surface area contributed by atoms with Gasteiger partial charge in [0.25, 0.3) is 0 Å². The van der Waals surface area contributed by atoms with Gasteiger partial charge in [-0.05, 0) is 38.6 Å². The zero-order chi connectivity index (χ0) is 18.8. The zero-order valence-corrected chi connectivity index (χ0v) is 19.7. The maximum Gasteiger partial charge on any atom is 0.191 e. The molecule has 1 atom stereocenters. The van der Waals surface area contributed by atoms with Crippen molar-refractivity contribution in [2.24, 2.45) is 4.99 Å². The van der Waals surface area contributed by atoms with Crippen LogP contribution >= 0.6 is 35.6 Å². The molecule has 8 heteroatoms. The van der Waals surface area contributed by atoms with Crippen molar-refractivity contribution in [3.8, 4) is 0 Å². The molecule has 0 aromatic heterocycles. The number of guanidine groups is 1. The van der Waals surface area contributed by atoms with Crippen molar-refractivity contribution in [1.29, 1.82) is 0 Å². The lowest BCUT2D eigenvalue weighted by Crippen LogP contribution is -2.45. The predicted molar refractivity (Wildman–Crippen MR) is 126 cm³/mol. The SMILES string of the molecule is CCNC(=NCCN(C)CCOC)NC1CCN(c2cccc(Cl)c2)C1.I. The van der Waals surface area contributed by atoms with Crippen LogP contribution in [0.3, 0.4) is 0 Å². The summed E-state index contributed by atoms with van der Waals surface area (Å²) in [6, 6.07) is 8.45. The van der Waals surface area contributed by atoms with Gasteiger partial charge in [-0.25, -0.2) is 0 Å². The molecule has 1 heterocycles. The van der Waals surface area contributed by atoms with E-state index < -0.39 is 0 Å². The molecule has 6 nitrogen and oxygen atoms in total. The molecule has 2 rings (SSSR count). The summed E-state index contributed by atoms with van der Waals surface area (Å²) in [7, 11) is 3.82. The molecule has 2 N–H and O–H groups in total. The van der Waals surface area contributed by atoms with Crippen LogP contribution in [0.4, 0.5) is 5.69 Å². The first-order valence-corrected chi connectivity index (χ1v) is 9.73. The second-order valence-electron chi connectivity index (χ2n) is 6.61. The van der Waals surface area contributed by atoms with E-state index >= 15 is 0 Å². The summed E-state index contributed by atoms with van der Waals surface area (Å²) < 4.78 is 5.11. The van der Waals surface area contributed by atoms with Gasteiger partial charge in [0.05, 0.1) is 13.2 Å². The topological polar surface area (TPSA) is 52.1 Å². The second-order valence-corrected chi connectivity index (χ2v) is 7.05. The van der Waals surface area contributed by atoms with Crippen LogP contribution in [-0.4, -0.2) is 76.9 Å². The van der Waals surface area contributed by atoms with Gasteiger partial charge in [-0.2, -0.15) is 0 Å². The highest BCUT2D eigenvalue weighted by Gasteiger charge is 2.23. The lowest BCUT2D eigenvalue weighted by Gasteiger charge is -2.21. The smallest absolute Gasteiger partial charge is 0.191 e. The Morgan fingerprint density at radius 1 is 1.41 bits per heavy atom. The normalized spacial score (nSPS) is 17.1. The average Bonchev–Trinajstić information content (AvgIpc) is 3.08.